The number of amides is 1. The number of rotatable bonds is 2. The van der Waals surface area contributed by atoms with E-state index in [9.17, 15) is 4.79 Å². The highest BCUT2D eigenvalue weighted by Gasteiger charge is 2.24. The average Bonchev–Trinajstić information content (AvgIpc) is 2.71. The minimum absolute atomic E-state index is 0.0822. The summed E-state index contributed by atoms with van der Waals surface area (Å²) in [5, 5.41) is 6.65. The minimum atomic E-state index is -0.378. The van der Waals surface area contributed by atoms with Gasteiger partial charge in [-0.25, -0.2) is 9.48 Å². The van der Waals surface area contributed by atoms with Crippen molar-refractivity contribution in [2.75, 3.05) is 6.61 Å². The fraction of sp³-hybridized carbons (Fsp3) is 0.250. The summed E-state index contributed by atoms with van der Waals surface area (Å²) in [7, 11) is 0. The Balaban J connectivity index is 2.16. The highest BCUT2D eigenvalue weighted by Crippen LogP contribution is 2.16. The molecule has 1 fully saturated rings. The van der Waals surface area contributed by atoms with Gasteiger partial charge in [0.15, 0.2) is 0 Å². The topological polar surface area (TPSA) is 56.1 Å². The van der Waals surface area contributed by atoms with Crippen LogP contribution in [0.5, 0.6) is 0 Å². The second-order valence-electron chi connectivity index (χ2n) is 2.73. The molecule has 5 nitrogen and oxygen atoms in total. The van der Waals surface area contributed by atoms with E-state index in [1.165, 1.54) is 0 Å². The average molecular weight is 179 g/mol. The highest BCUT2D eigenvalue weighted by molar-refractivity contribution is 5.70. The lowest BCUT2D eigenvalue weighted by Gasteiger charge is -2.01. The van der Waals surface area contributed by atoms with E-state index in [0.717, 1.165) is 5.56 Å². The molecule has 0 spiro atoms. The van der Waals surface area contributed by atoms with E-state index in [1.54, 1.807) is 23.3 Å². The van der Waals surface area contributed by atoms with Gasteiger partial charge in [0, 0.05) is 18.0 Å². The molecule has 0 aliphatic carbocycles. The van der Waals surface area contributed by atoms with Crippen molar-refractivity contribution in [3.63, 3.8) is 0 Å². The van der Waals surface area contributed by atoms with Crippen molar-refractivity contribution in [1.29, 1.82) is 0 Å². The molecule has 0 radical (unpaired) electrons. The lowest BCUT2D eigenvalue weighted by atomic mass is 10.2. The maximum Gasteiger partial charge on any atom is 0.407 e. The van der Waals surface area contributed by atoms with Crippen molar-refractivity contribution in [3.8, 4) is 0 Å². The Labute approximate surface area is 75.0 Å². The van der Waals surface area contributed by atoms with Crippen molar-refractivity contribution in [3.05, 3.63) is 24.5 Å². The van der Waals surface area contributed by atoms with Crippen LogP contribution in [-0.2, 0) is 4.74 Å². The first-order valence-electron chi connectivity index (χ1n) is 3.89. The third kappa shape index (κ3) is 1.40. The van der Waals surface area contributed by atoms with E-state index < -0.39 is 0 Å². The molecule has 1 unspecified atom stereocenters. The lowest BCUT2D eigenvalue weighted by Crippen LogP contribution is -2.17. The molecular formula is C8H9N3O2. The molecule has 2 rings (SSSR count). The van der Waals surface area contributed by atoms with Crippen molar-refractivity contribution < 1.29 is 9.53 Å². The molecule has 1 amide bonds. The monoisotopic (exact) mass is 179 g/mol. The molecule has 1 aromatic heterocycles. The Kier molecular flexibility index (Phi) is 1.77. The number of alkyl carbamates (subject to hydrolysis) is 1. The summed E-state index contributed by atoms with van der Waals surface area (Å²) < 4.78 is 6.33. The fourth-order valence-corrected chi connectivity index (χ4v) is 1.20. The van der Waals surface area contributed by atoms with Gasteiger partial charge in [-0.3, -0.25) is 0 Å². The number of cyclic esters (lactones) is 1. The molecule has 68 valence electrons. The number of nitrogens with one attached hydrogen (secondary N) is 1. The van der Waals surface area contributed by atoms with Gasteiger partial charge in [0.1, 0.15) is 6.61 Å². The summed E-state index contributed by atoms with van der Waals surface area (Å²) in [4.78, 5) is 10.7. The standard InChI is InChI=1S/C8H9N3O2/c1-2-11-4-6(3-9-11)7-5-13-8(12)10-7/h2-4,7H,1,5H2,(H,10,12). The number of aromatic nitrogens is 2. The normalized spacial score (nSPS) is 20.9. The molecule has 1 aromatic rings. The molecular weight excluding hydrogens is 170 g/mol. The Hall–Kier alpha value is -1.78. The Morgan fingerprint density at radius 1 is 1.85 bits per heavy atom. The van der Waals surface area contributed by atoms with Crippen LogP contribution >= 0.6 is 0 Å². The first-order chi connectivity index (χ1) is 6.29. The highest BCUT2D eigenvalue weighted by atomic mass is 16.6. The smallest absolute Gasteiger partial charge is 0.407 e. The second kappa shape index (κ2) is 2.93. The molecule has 5 heteroatoms. The van der Waals surface area contributed by atoms with E-state index in [4.69, 9.17) is 4.74 Å². The number of hydrogen-bond donors (Lipinski definition) is 1. The van der Waals surface area contributed by atoms with Crippen LogP contribution in [0.1, 0.15) is 11.6 Å². The number of carbonyl (C=O) groups excluding carboxylic acids is 1. The zero-order valence-corrected chi connectivity index (χ0v) is 6.93. The van der Waals surface area contributed by atoms with Gasteiger partial charge in [-0.1, -0.05) is 6.58 Å². The van der Waals surface area contributed by atoms with Crippen LogP contribution in [0.3, 0.4) is 0 Å². The second-order valence-corrected chi connectivity index (χ2v) is 2.73. The zero-order chi connectivity index (χ0) is 9.26. The molecule has 1 aliphatic heterocycles. The molecule has 13 heavy (non-hydrogen) atoms. The van der Waals surface area contributed by atoms with Crippen molar-refractivity contribution >= 4 is 12.3 Å². The van der Waals surface area contributed by atoms with Crippen molar-refractivity contribution in [1.82, 2.24) is 15.1 Å². The van der Waals surface area contributed by atoms with Crippen LogP contribution in [0.15, 0.2) is 19.0 Å². The summed E-state index contributed by atoms with van der Waals surface area (Å²) in [6.45, 7) is 3.93. The Bertz CT molecular complexity index is 345. The molecule has 1 aliphatic rings. The summed E-state index contributed by atoms with van der Waals surface area (Å²) in [6, 6.07) is -0.0822. The van der Waals surface area contributed by atoms with Gasteiger partial charge in [-0.15, -0.1) is 0 Å². The van der Waals surface area contributed by atoms with E-state index >= 15 is 0 Å². The van der Waals surface area contributed by atoms with Crippen LogP contribution < -0.4 is 5.32 Å². The largest absolute Gasteiger partial charge is 0.447 e. The predicted molar refractivity (Wildman–Crippen MR) is 45.8 cm³/mol. The third-order valence-corrected chi connectivity index (χ3v) is 1.88. The number of hydrogen-bond acceptors (Lipinski definition) is 3. The summed E-state index contributed by atoms with van der Waals surface area (Å²) in [5.41, 5.74) is 0.922. The van der Waals surface area contributed by atoms with Gasteiger partial charge >= 0.3 is 6.09 Å². The summed E-state index contributed by atoms with van der Waals surface area (Å²) in [5.74, 6) is 0. The first-order valence-corrected chi connectivity index (χ1v) is 3.89. The number of ether oxygens (including phenoxy) is 1. The van der Waals surface area contributed by atoms with Crippen LogP contribution in [0.2, 0.25) is 0 Å². The van der Waals surface area contributed by atoms with Crippen LogP contribution in [0, 0.1) is 0 Å². The van der Waals surface area contributed by atoms with Gasteiger partial charge in [-0.05, 0) is 0 Å². The maximum absolute atomic E-state index is 10.7. The van der Waals surface area contributed by atoms with Crippen LogP contribution in [-0.4, -0.2) is 22.5 Å². The predicted octanol–water partition coefficient (Wildman–Crippen LogP) is 0.764. The van der Waals surface area contributed by atoms with Gasteiger partial charge < -0.3 is 10.1 Å². The van der Waals surface area contributed by atoms with E-state index in [-0.39, 0.29) is 12.1 Å². The van der Waals surface area contributed by atoms with E-state index in [0.29, 0.717) is 6.61 Å². The molecule has 0 bridgehead atoms. The van der Waals surface area contributed by atoms with Crippen LogP contribution in [0.25, 0.3) is 6.20 Å². The number of nitrogens with zero attached hydrogens (tertiary/aromatic N) is 2. The maximum atomic E-state index is 10.7. The molecule has 1 saturated heterocycles. The number of carbonyl (C=O) groups is 1. The molecule has 0 aromatic carbocycles. The SMILES string of the molecule is C=Cn1cc(C2COC(=O)N2)cn1. The molecule has 1 atom stereocenters. The van der Waals surface area contributed by atoms with Crippen molar-refractivity contribution in [2.45, 2.75) is 6.04 Å². The zero-order valence-electron chi connectivity index (χ0n) is 6.93. The van der Waals surface area contributed by atoms with E-state index in [2.05, 4.69) is 17.0 Å². The third-order valence-electron chi connectivity index (χ3n) is 1.88. The summed E-state index contributed by atoms with van der Waals surface area (Å²) in [6.07, 6.45) is 4.69. The van der Waals surface area contributed by atoms with Gasteiger partial charge in [0.25, 0.3) is 0 Å². The van der Waals surface area contributed by atoms with Gasteiger partial charge in [0.05, 0.1) is 12.2 Å². The van der Waals surface area contributed by atoms with Gasteiger partial charge in [-0.2, -0.15) is 5.10 Å². The molecule has 0 saturated carbocycles. The Morgan fingerprint density at radius 2 is 2.69 bits per heavy atom. The first kappa shape index (κ1) is 7.85. The minimum Gasteiger partial charge on any atom is -0.447 e. The van der Waals surface area contributed by atoms with Crippen LogP contribution in [0.4, 0.5) is 4.79 Å². The van der Waals surface area contributed by atoms with Gasteiger partial charge in [0.2, 0.25) is 0 Å². The van der Waals surface area contributed by atoms with Crippen molar-refractivity contribution in [2.24, 2.45) is 0 Å². The Morgan fingerprint density at radius 3 is 3.23 bits per heavy atom. The molecule has 2 heterocycles. The summed E-state index contributed by atoms with van der Waals surface area (Å²) >= 11 is 0. The lowest BCUT2D eigenvalue weighted by molar-refractivity contribution is 0.177. The van der Waals surface area contributed by atoms with E-state index in [1.807, 2.05) is 0 Å². The fourth-order valence-electron chi connectivity index (χ4n) is 1.20. The quantitative estimate of drug-likeness (QED) is 0.729. The molecule has 1 N–H and O–H groups in total.